The molecule has 0 saturated carbocycles. The lowest BCUT2D eigenvalue weighted by molar-refractivity contribution is -0.141. The molecule has 2 atom stereocenters. The molecular formula is C11H20N2O3. The zero-order valence-electron chi connectivity index (χ0n) is 10.1. The average molecular weight is 228 g/mol. The van der Waals surface area contributed by atoms with Crippen LogP contribution >= 0.6 is 0 Å². The van der Waals surface area contributed by atoms with Gasteiger partial charge in [-0.2, -0.15) is 0 Å². The Morgan fingerprint density at radius 1 is 1.56 bits per heavy atom. The van der Waals surface area contributed by atoms with E-state index in [1.54, 1.807) is 16.8 Å². The second-order valence-electron chi connectivity index (χ2n) is 4.42. The van der Waals surface area contributed by atoms with E-state index < -0.39 is 11.9 Å². The topological polar surface area (TPSA) is 60.9 Å². The third kappa shape index (κ3) is 2.65. The smallest absolute Gasteiger partial charge is 0.320 e. The Balaban J connectivity index is 2.54. The summed E-state index contributed by atoms with van der Waals surface area (Å²) in [5, 5.41) is 8.86. The van der Waals surface area contributed by atoms with E-state index in [9.17, 15) is 9.59 Å². The maximum Gasteiger partial charge on any atom is 0.320 e. The molecule has 5 heteroatoms. The van der Waals surface area contributed by atoms with Gasteiger partial charge in [-0.05, 0) is 19.8 Å². The first-order valence-electron chi connectivity index (χ1n) is 5.71. The Morgan fingerprint density at radius 3 is 2.62 bits per heavy atom. The summed E-state index contributed by atoms with van der Waals surface area (Å²) < 4.78 is 0. The van der Waals surface area contributed by atoms with Crippen LogP contribution in [0.1, 0.15) is 26.7 Å². The summed E-state index contributed by atoms with van der Waals surface area (Å²) in [7, 11) is 1.77. The molecular weight excluding hydrogens is 208 g/mol. The number of hydrogen-bond acceptors (Lipinski definition) is 2. The van der Waals surface area contributed by atoms with Crippen molar-refractivity contribution in [2.45, 2.75) is 32.7 Å². The van der Waals surface area contributed by atoms with Gasteiger partial charge in [-0.1, -0.05) is 6.92 Å². The predicted octanol–water partition coefficient (Wildman–Crippen LogP) is 1.24. The zero-order valence-corrected chi connectivity index (χ0v) is 10.1. The molecule has 1 fully saturated rings. The summed E-state index contributed by atoms with van der Waals surface area (Å²) in [4.78, 5) is 26.1. The first-order valence-corrected chi connectivity index (χ1v) is 5.71. The minimum atomic E-state index is -0.804. The Morgan fingerprint density at radius 2 is 2.19 bits per heavy atom. The highest BCUT2D eigenvalue weighted by Crippen LogP contribution is 2.18. The fourth-order valence-electron chi connectivity index (χ4n) is 1.82. The van der Waals surface area contributed by atoms with Gasteiger partial charge in [-0.25, -0.2) is 4.79 Å². The standard InChI is InChI=1S/C11H20N2O3/c1-4-8(2)12(3)11(16)13-6-5-9(7-13)10(14)15/h8-9H,4-7H2,1-3H3,(H,14,15). The molecule has 2 amide bonds. The van der Waals surface area contributed by atoms with E-state index in [0.29, 0.717) is 19.5 Å². The SMILES string of the molecule is CCC(C)N(C)C(=O)N1CCC(C(=O)O)C1. The van der Waals surface area contributed by atoms with Crippen LogP contribution in [0.2, 0.25) is 0 Å². The fraction of sp³-hybridized carbons (Fsp3) is 0.818. The summed E-state index contributed by atoms with van der Waals surface area (Å²) in [6.07, 6.45) is 1.47. The highest BCUT2D eigenvalue weighted by Gasteiger charge is 2.32. The summed E-state index contributed by atoms with van der Waals surface area (Å²) in [6, 6.07) is 0.134. The monoisotopic (exact) mass is 228 g/mol. The van der Waals surface area contributed by atoms with Crippen molar-refractivity contribution in [1.29, 1.82) is 0 Å². The quantitative estimate of drug-likeness (QED) is 0.790. The van der Waals surface area contributed by atoms with Crippen molar-refractivity contribution in [3.8, 4) is 0 Å². The lowest BCUT2D eigenvalue weighted by Crippen LogP contribution is -2.44. The van der Waals surface area contributed by atoms with E-state index in [1.165, 1.54) is 0 Å². The van der Waals surface area contributed by atoms with Crippen molar-refractivity contribution in [2.24, 2.45) is 5.92 Å². The number of hydrogen-bond donors (Lipinski definition) is 1. The lowest BCUT2D eigenvalue weighted by atomic mass is 10.1. The van der Waals surface area contributed by atoms with Crippen LogP contribution in [0.3, 0.4) is 0 Å². The molecule has 0 radical (unpaired) electrons. The number of rotatable bonds is 3. The molecule has 2 unspecified atom stereocenters. The van der Waals surface area contributed by atoms with Crippen LogP contribution in [0.5, 0.6) is 0 Å². The number of carboxylic acids is 1. The lowest BCUT2D eigenvalue weighted by Gasteiger charge is -2.28. The third-order valence-electron chi connectivity index (χ3n) is 3.36. The van der Waals surface area contributed by atoms with Gasteiger partial charge in [0.05, 0.1) is 5.92 Å². The van der Waals surface area contributed by atoms with Crippen LogP contribution in [-0.4, -0.2) is 53.1 Å². The number of carbonyl (C=O) groups excluding carboxylic acids is 1. The predicted molar refractivity (Wildman–Crippen MR) is 60.2 cm³/mol. The summed E-state index contributed by atoms with van der Waals surface area (Å²) in [5.74, 6) is -1.20. The van der Waals surface area contributed by atoms with Crippen molar-refractivity contribution in [3.05, 3.63) is 0 Å². The minimum Gasteiger partial charge on any atom is -0.481 e. The van der Waals surface area contributed by atoms with Gasteiger partial charge in [-0.3, -0.25) is 4.79 Å². The molecule has 1 saturated heterocycles. The van der Waals surface area contributed by atoms with Crippen molar-refractivity contribution in [2.75, 3.05) is 20.1 Å². The molecule has 0 bridgehead atoms. The van der Waals surface area contributed by atoms with Crippen molar-refractivity contribution >= 4 is 12.0 Å². The van der Waals surface area contributed by atoms with Gasteiger partial charge in [0.2, 0.25) is 0 Å². The van der Waals surface area contributed by atoms with Crippen LogP contribution in [0, 0.1) is 5.92 Å². The zero-order chi connectivity index (χ0) is 12.3. The normalized spacial score (nSPS) is 21.9. The highest BCUT2D eigenvalue weighted by atomic mass is 16.4. The molecule has 1 heterocycles. The minimum absolute atomic E-state index is 0.0573. The Bertz CT molecular complexity index is 280. The molecule has 0 aromatic carbocycles. The van der Waals surface area contributed by atoms with Crippen LogP contribution in [-0.2, 0) is 4.79 Å². The highest BCUT2D eigenvalue weighted by molar-refractivity contribution is 5.77. The van der Waals surface area contributed by atoms with E-state index in [-0.39, 0.29) is 12.1 Å². The molecule has 16 heavy (non-hydrogen) atoms. The van der Waals surface area contributed by atoms with E-state index in [4.69, 9.17) is 5.11 Å². The summed E-state index contributed by atoms with van der Waals surface area (Å²) in [5.41, 5.74) is 0. The molecule has 1 N–H and O–H groups in total. The van der Waals surface area contributed by atoms with E-state index in [0.717, 1.165) is 6.42 Å². The summed E-state index contributed by atoms with van der Waals surface area (Å²) >= 11 is 0. The molecule has 0 spiro atoms. The first-order chi connectivity index (χ1) is 7.47. The van der Waals surface area contributed by atoms with Crippen molar-refractivity contribution in [1.82, 2.24) is 9.80 Å². The number of aliphatic carboxylic acids is 1. The van der Waals surface area contributed by atoms with Gasteiger partial charge >= 0.3 is 12.0 Å². The molecule has 5 nitrogen and oxygen atoms in total. The Hall–Kier alpha value is -1.26. The molecule has 0 aromatic heterocycles. The second kappa shape index (κ2) is 5.18. The van der Waals surface area contributed by atoms with Crippen LogP contribution in [0.25, 0.3) is 0 Å². The third-order valence-corrected chi connectivity index (χ3v) is 3.36. The molecule has 1 aliphatic rings. The van der Waals surface area contributed by atoms with E-state index >= 15 is 0 Å². The number of carboxylic acid groups (broad SMARTS) is 1. The van der Waals surface area contributed by atoms with Crippen LogP contribution in [0.4, 0.5) is 4.79 Å². The summed E-state index contributed by atoms with van der Waals surface area (Å²) in [6.45, 7) is 4.91. The van der Waals surface area contributed by atoms with Crippen molar-refractivity contribution < 1.29 is 14.7 Å². The van der Waals surface area contributed by atoms with E-state index in [1.807, 2.05) is 13.8 Å². The number of nitrogens with zero attached hydrogens (tertiary/aromatic N) is 2. The number of urea groups is 1. The second-order valence-corrected chi connectivity index (χ2v) is 4.42. The average Bonchev–Trinajstić information content (AvgIpc) is 2.75. The van der Waals surface area contributed by atoms with Crippen molar-refractivity contribution in [3.63, 3.8) is 0 Å². The molecule has 0 aromatic rings. The maximum absolute atomic E-state index is 12.0. The van der Waals surface area contributed by atoms with Gasteiger partial charge in [0, 0.05) is 26.2 Å². The maximum atomic E-state index is 12.0. The molecule has 0 aliphatic carbocycles. The van der Waals surface area contributed by atoms with Gasteiger partial charge in [-0.15, -0.1) is 0 Å². The first kappa shape index (κ1) is 12.8. The van der Waals surface area contributed by atoms with E-state index in [2.05, 4.69) is 0 Å². The largest absolute Gasteiger partial charge is 0.481 e. The van der Waals surface area contributed by atoms with Gasteiger partial charge in [0.15, 0.2) is 0 Å². The van der Waals surface area contributed by atoms with Gasteiger partial charge in [0.1, 0.15) is 0 Å². The van der Waals surface area contributed by atoms with Gasteiger partial charge in [0.25, 0.3) is 0 Å². The van der Waals surface area contributed by atoms with Crippen LogP contribution in [0.15, 0.2) is 0 Å². The molecule has 1 rings (SSSR count). The van der Waals surface area contributed by atoms with Gasteiger partial charge < -0.3 is 14.9 Å². The Labute approximate surface area is 96.0 Å². The van der Waals surface area contributed by atoms with Crippen LogP contribution < -0.4 is 0 Å². The molecule has 1 aliphatic heterocycles. The fourth-order valence-corrected chi connectivity index (χ4v) is 1.82. The number of likely N-dealkylation sites (tertiary alicyclic amines) is 1. The Kier molecular flexibility index (Phi) is 4.15. The molecule has 92 valence electrons. The number of amides is 2. The number of carbonyl (C=O) groups is 2.